The van der Waals surface area contributed by atoms with Crippen molar-refractivity contribution in [2.45, 2.75) is 19.4 Å². The fraction of sp³-hybridized carbons (Fsp3) is 0.412. The Morgan fingerprint density at radius 3 is 2.96 bits per heavy atom. The lowest BCUT2D eigenvalue weighted by atomic mass is 9.99. The molecule has 6 nitrogen and oxygen atoms in total. The van der Waals surface area contributed by atoms with Crippen LogP contribution in [0.25, 0.3) is 0 Å². The molecule has 1 atom stereocenters. The van der Waals surface area contributed by atoms with E-state index < -0.39 is 11.9 Å². The van der Waals surface area contributed by atoms with Crippen molar-refractivity contribution in [3.05, 3.63) is 29.8 Å². The van der Waals surface area contributed by atoms with Gasteiger partial charge in [-0.1, -0.05) is 24.1 Å². The molecular weight excluding hydrogens is 296 g/mol. The van der Waals surface area contributed by atoms with E-state index in [1.54, 1.807) is 11.0 Å². The fourth-order valence-corrected chi connectivity index (χ4v) is 2.56. The highest BCUT2D eigenvalue weighted by molar-refractivity contribution is 5.76. The van der Waals surface area contributed by atoms with Gasteiger partial charge in [-0.3, -0.25) is 4.79 Å². The zero-order valence-electron chi connectivity index (χ0n) is 12.8. The minimum Gasteiger partial charge on any atom is -0.481 e. The van der Waals surface area contributed by atoms with E-state index in [1.807, 2.05) is 18.2 Å². The maximum absolute atomic E-state index is 12.2. The van der Waals surface area contributed by atoms with Gasteiger partial charge in [-0.2, -0.15) is 0 Å². The zero-order valence-corrected chi connectivity index (χ0v) is 12.8. The Hall–Kier alpha value is -2.68. The number of ether oxygens (including phenoxy) is 1. The number of piperidine rings is 1. The summed E-state index contributed by atoms with van der Waals surface area (Å²) in [6.45, 7) is 1.28. The Morgan fingerprint density at radius 2 is 2.22 bits per heavy atom. The SMILES string of the molecule is C#CCOc1ccccc1CNC(=O)N1CCCC(C(=O)O)C1. The van der Waals surface area contributed by atoms with Gasteiger partial charge in [-0.05, 0) is 18.9 Å². The number of nitrogens with zero attached hydrogens (tertiary/aromatic N) is 1. The highest BCUT2D eigenvalue weighted by Crippen LogP contribution is 2.19. The number of urea groups is 1. The molecule has 2 rings (SSSR count). The third kappa shape index (κ3) is 4.65. The number of benzene rings is 1. The van der Waals surface area contributed by atoms with Crippen molar-refractivity contribution in [1.29, 1.82) is 0 Å². The molecule has 1 aliphatic rings. The van der Waals surface area contributed by atoms with Crippen molar-refractivity contribution >= 4 is 12.0 Å². The van der Waals surface area contributed by atoms with Crippen LogP contribution >= 0.6 is 0 Å². The normalized spacial score (nSPS) is 17.2. The lowest BCUT2D eigenvalue weighted by Crippen LogP contribution is -2.46. The van der Waals surface area contributed by atoms with Crippen LogP contribution in [0.15, 0.2) is 24.3 Å². The molecule has 23 heavy (non-hydrogen) atoms. The van der Waals surface area contributed by atoms with Gasteiger partial charge in [-0.25, -0.2) is 4.79 Å². The summed E-state index contributed by atoms with van der Waals surface area (Å²) in [4.78, 5) is 24.8. The van der Waals surface area contributed by atoms with Crippen LogP contribution in [0.3, 0.4) is 0 Å². The minimum atomic E-state index is -0.851. The van der Waals surface area contributed by atoms with Gasteiger partial charge in [0.15, 0.2) is 0 Å². The van der Waals surface area contributed by atoms with Gasteiger partial charge in [0, 0.05) is 25.2 Å². The Kier molecular flexibility index (Phi) is 5.87. The first-order chi connectivity index (χ1) is 11.1. The van der Waals surface area contributed by atoms with Gasteiger partial charge in [0.05, 0.1) is 5.92 Å². The molecule has 0 aliphatic carbocycles. The maximum atomic E-state index is 12.2. The molecule has 0 spiro atoms. The quantitative estimate of drug-likeness (QED) is 0.811. The Balaban J connectivity index is 1.92. The number of carboxylic acids is 1. The summed E-state index contributed by atoms with van der Waals surface area (Å²) in [6.07, 6.45) is 6.50. The Bertz CT molecular complexity index is 609. The van der Waals surface area contributed by atoms with Crippen molar-refractivity contribution in [3.8, 4) is 18.1 Å². The molecule has 1 aliphatic heterocycles. The van der Waals surface area contributed by atoms with Gasteiger partial charge < -0.3 is 20.1 Å². The molecule has 1 aromatic rings. The summed E-state index contributed by atoms with van der Waals surface area (Å²) >= 11 is 0. The second kappa shape index (κ2) is 8.08. The number of amides is 2. The molecule has 1 aromatic carbocycles. The number of carbonyl (C=O) groups is 2. The largest absolute Gasteiger partial charge is 0.481 e. The second-order valence-electron chi connectivity index (χ2n) is 5.38. The number of carboxylic acid groups (broad SMARTS) is 1. The smallest absolute Gasteiger partial charge is 0.317 e. The van der Waals surface area contributed by atoms with E-state index in [0.29, 0.717) is 31.7 Å². The first-order valence-electron chi connectivity index (χ1n) is 7.51. The highest BCUT2D eigenvalue weighted by atomic mass is 16.5. The number of rotatable bonds is 5. The molecule has 2 N–H and O–H groups in total. The van der Waals surface area contributed by atoms with Crippen molar-refractivity contribution < 1.29 is 19.4 Å². The fourth-order valence-electron chi connectivity index (χ4n) is 2.56. The number of hydrogen-bond donors (Lipinski definition) is 2. The number of hydrogen-bond acceptors (Lipinski definition) is 3. The predicted molar refractivity (Wildman–Crippen MR) is 84.9 cm³/mol. The number of terminal acetylenes is 1. The van der Waals surface area contributed by atoms with E-state index >= 15 is 0 Å². The van der Waals surface area contributed by atoms with Crippen LogP contribution in [0.1, 0.15) is 18.4 Å². The molecule has 1 heterocycles. The molecule has 0 aromatic heterocycles. The average molecular weight is 316 g/mol. The second-order valence-corrected chi connectivity index (χ2v) is 5.38. The molecular formula is C17H20N2O4. The monoisotopic (exact) mass is 316 g/mol. The van der Waals surface area contributed by atoms with Crippen LogP contribution in [0.4, 0.5) is 4.79 Å². The summed E-state index contributed by atoms with van der Waals surface area (Å²) in [6, 6.07) is 7.07. The van der Waals surface area contributed by atoms with Crippen LogP contribution in [-0.4, -0.2) is 41.7 Å². The third-order valence-electron chi connectivity index (χ3n) is 3.77. The summed E-state index contributed by atoms with van der Waals surface area (Å²) in [5.74, 6) is 1.70. The van der Waals surface area contributed by atoms with E-state index in [0.717, 1.165) is 5.56 Å². The van der Waals surface area contributed by atoms with E-state index in [9.17, 15) is 9.59 Å². The number of carbonyl (C=O) groups excluding carboxylic acids is 1. The van der Waals surface area contributed by atoms with Crippen LogP contribution in [-0.2, 0) is 11.3 Å². The molecule has 122 valence electrons. The van der Waals surface area contributed by atoms with Gasteiger partial charge in [0.25, 0.3) is 0 Å². The first-order valence-corrected chi connectivity index (χ1v) is 7.51. The highest BCUT2D eigenvalue weighted by Gasteiger charge is 2.27. The molecule has 1 saturated heterocycles. The molecule has 1 fully saturated rings. The predicted octanol–water partition coefficient (Wildman–Crippen LogP) is 1.70. The van der Waals surface area contributed by atoms with E-state index in [-0.39, 0.29) is 19.2 Å². The lowest BCUT2D eigenvalue weighted by molar-refractivity contribution is -0.143. The van der Waals surface area contributed by atoms with Crippen LogP contribution < -0.4 is 10.1 Å². The van der Waals surface area contributed by atoms with Crippen molar-refractivity contribution in [2.24, 2.45) is 5.92 Å². The molecule has 6 heteroatoms. The lowest BCUT2D eigenvalue weighted by Gasteiger charge is -2.30. The van der Waals surface area contributed by atoms with Crippen LogP contribution in [0.5, 0.6) is 5.75 Å². The zero-order chi connectivity index (χ0) is 16.7. The molecule has 0 saturated carbocycles. The van der Waals surface area contributed by atoms with Gasteiger partial charge in [-0.15, -0.1) is 6.42 Å². The van der Waals surface area contributed by atoms with Crippen LogP contribution in [0.2, 0.25) is 0 Å². The number of likely N-dealkylation sites (tertiary alicyclic amines) is 1. The molecule has 0 bridgehead atoms. The summed E-state index contributed by atoms with van der Waals surface area (Å²) in [5.41, 5.74) is 0.822. The van der Waals surface area contributed by atoms with Gasteiger partial charge in [0.2, 0.25) is 0 Å². The first kappa shape index (κ1) is 16.7. The molecule has 1 unspecified atom stereocenters. The van der Waals surface area contributed by atoms with Crippen LogP contribution in [0, 0.1) is 18.3 Å². The summed E-state index contributed by atoms with van der Waals surface area (Å²) in [5, 5.41) is 11.9. The Morgan fingerprint density at radius 1 is 1.43 bits per heavy atom. The van der Waals surface area contributed by atoms with Crippen molar-refractivity contribution in [1.82, 2.24) is 10.2 Å². The number of para-hydroxylation sites is 1. The average Bonchev–Trinajstić information content (AvgIpc) is 2.58. The Labute approximate surface area is 135 Å². The number of aliphatic carboxylic acids is 1. The third-order valence-corrected chi connectivity index (χ3v) is 3.77. The van der Waals surface area contributed by atoms with Gasteiger partial charge >= 0.3 is 12.0 Å². The van der Waals surface area contributed by atoms with Crippen molar-refractivity contribution in [3.63, 3.8) is 0 Å². The number of nitrogens with one attached hydrogen (secondary N) is 1. The molecule has 2 amide bonds. The minimum absolute atomic E-state index is 0.164. The van der Waals surface area contributed by atoms with E-state index in [2.05, 4.69) is 11.2 Å². The maximum Gasteiger partial charge on any atom is 0.317 e. The van der Waals surface area contributed by atoms with Gasteiger partial charge in [0.1, 0.15) is 12.4 Å². The van der Waals surface area contributed by atoms with E-state index in [1.165, 1.54) is 0 Å². The van der Waals surface area contributed by atoms with E-state index in [4.69, 9.17) is 16.3 Å². The summed E-state index contributed by atoms with van der Waals surface area (Å²) < 4.78 is 5.43. The summed E-state index contributed by atoms with van der Waals surface area (Å²) in [7, 11) is 0. The standard InChI is InChI=1S/C17H20N2O4/c1-2-10-23-15-8-4-3-6-13(15)11-18-17(22)19-9-5-7-14(12-19)16(20)21/h1,3-4,6,8,14H,5,7,9-12H2,(H,18,22)(H,20,21). The molecule has 0 radical (unpaired) electrons. The van der Waals surface area contributed by atoms with Crippen molar-refractivity contribution in [2.75, 3.05) is 19.7 Å². The topological polar surface area (TPSA) is 78.9 Å².